The van der Waals surface area contributed by atoms with E-state index in [2.05, 4.69) is 10.1 Å². The number of rotatable bonds is 5. The number of halogens is 2. The van der Waals surface area contributed by atoms with Crippen molar-refractivity contribution >= 4 is 11.8 Å². The molecule has 1 saturated heterocycles. The molecule has 0 radical (unpaired) electrons. The average Bonchev–Trinajstić information content (AvgIpc) is 2.76. The molecular formula is C15H15F2NO3. The van der Waals surface area contributed by atoms with Crippen molar-refractivity contribution in [1.82, 2.24) is 5.32 Å². The van der Waals surface area contributed by atoms with Crippen molar-refractivity contribution in [3.63, 3.8) is 0 Å². The van der Waals surface area contributed by atoms with Crippen molar-refractivity contribution in [2.75, 3.05) is 0 Å². The molecule has 0 bridgehead atoms. The maximum Gasteiger partial charge on any atom is 0.387 e. The van der Waals surface area contributed by atoms with Crippen molar-refractivity contribution in [1.29, 1.82) is 0 Å². The van der Waals surface area contributed by atoms with E-state index in [0.717, 1.165) is 11.1 Å². The van der Waals surface area contributed by atoms with Crippen LogP contribution in [0, 0.1) is 0 Å². The van der Waals surface area contributed by atoms with Crippen LogP contribution in [0.5, 0.6) is 5.75 Å². The number of imide groups is 1. The molecule has 0 aromatic heterocycles. The smallest absolute Gasteiger partial charge is 0.387 e. The van der Waals surface area contributed by atoms with E-state index in [-0.39, 0.29) is 24.0 Å². The highest BCUT2D eigenvalue weighted by molar-refractivity contribution is 6.13. The topological polar surface area (TPSA) is 55.4 Å². The molecule has 0 unspecified atom stereocenters. The lowest BCUT2D eigenvalue weighted by atomic mass is 10.0. The summed E-state index contributed by atoms with van der Waals surface area (Å²) in [5.74, 6) is -0.481. The number of benzene rings is 1. The fourth-order valence-electron chi connectivity index (χ4n) is 2.15. The summed E-state index contributed by atoms with van der Waals surface area (Å²) < 4.78 is 28.3. The summed E-state index contributed by atoms with van der Waals surface area (Å²) in [5.41, 5.74) is 2.34. The van der Waals surface area contributed by atoms with Gasteiger partial charge in [-0.25, -0.2) is 0 Å². The molecule has 1 fully saturated rings. The van der Waals surface area contributed by atoms with Gasteiger partial charge in [0.2, 0.25) is 5.91 Å². The van der Waals surface area contributed by atoms with Crippen molar-refractivity contribution in [3.8, 4) is 5.75 Å². The first-order valence-corrected chi connectivity index (χ1v) is 6.52. The van der Waals surface area contributed by atoms with Crippen molar-refractivity contribution in [2.45, 2.75) is 32.8 Å². The average molecular weight is 295 g/mol. The minimum Gasteiger partial charge on any atom is -0.435 e. The highest BCUT2D eigenvalue weighted by Crippen LogP contribution is 2.20. The Hall–Kier alpha value is -2.24. The summed E-state index contributed by atoms with van der Waals surface area (Å²) in [6.07, 6.45) is 1.42. The largest absolute Gasteiger partial charge is 0.435 e. The van der Waals surface area contributed by atoms with Crippen molar-refractivity contribution < 1.29 is 23.1 Å². The fraction of sp³-hybridized carbons (Fsp3) is 0.333. The summed E-state index contributed by atoms with van der Waals surface area (Å²) in [5, 5.41) is 2.25. The first kappa shape index (κ1) is 15.2. The van der Waals surface area contributed by atoms with Crippen LogP contribution in [0.1, 0.15) is 25.3 Å². The fourth-order valence-corrected chi connectivity index (χ4v) is 2.15. The molecule has 6 heteroatoms. The zero-order valence-electron chi connectivity index (χ0n) is 11.5. The lowest BCUT2D eigenvalue weighted by Gasteiger charge is -2.07. The third-order valence-electron chi connectivity index (χ3n) is 3.32. The highest BCUT2D eigenvalue weighted by Gasteiger charge is 2.25. The number of nitrogens with one attached hydrogen (secondary N) is 1. The van der Waals surface area contributed by atoms with Crippen LogP contribution >= 0.6 is 0 Å². The van der Waals surface area contributed by atoms with Gasteiger partial charge >= 0.3 is 6.61 Å². The number of aryl methyl sites for hydroxylation is 1. The van der Waals surface area contributed by atoms with E-state index in [0.29, 0.717) is 18.4 Å². The Bertz CT molecular complexity index is 579. The van der Waals surface area contributed by atoms with Crippen LogP contribution in [-0.4, -0.2) is 18.4 Å². The highest BCUT2D eigenvalue weighted by atomic mass is 19.3. The Kier molecular flexibility index (Phi) is 4.67. The number of carbonyl (C=O) groups is 2. The van der Waals surface area contributed by atoms with Gasteiger partial charge in [0.1, 0.15) is 5.75 Å². The molecule has 1 N–H and O–H groups in total. The second-order valence-electron chi connectivity index (χ2n) is 4.84. The molecule has 1 aliphatic heterocycles. The predicted octanol–water partition coefficient (Wildman–Crippen LogP) is 2.58. The summed E-state index contributed by atoms with van der Waals surface area (Å²) in [6, 6.07) is 6.37. The maximum atomic E-state index is 12.0. The number of amides is 2. The Morgan fingerprint density at radius 2 is 1.95 bits per heavy atom. The molecule has 1 aromatic rings. The molecule has 0 saturated carbocycles. The second-order valence-corrected chi connectivity index (χ2v) is 4.84. The zero-order valence-corrected chi connectivity index (χ0v) is 11.5. The molecule has 1 aromatic carbocycles. The Labute approximate surface area is 120 Å². The molecular weight excluding hydrogens is 280 g/mol. The quantitative estimate of drug-likeness (QED) is 0.671. The molecule has 2 amide bonds. The van der Waals surface area contributed by atoms with Gasteiger partial charge in [-0.1, -0.05) is 17.7 Å². The van der Waals surface area contributed by atoms with Crippen LogP contribution in [0.25, 0.3) is 0 Å². The maximum absolute atomic E-state index is 12.0. The first-order chi connectivity index (χ1) is 9.95. The Morgan fingerprint density at radius 3 is 2.48 bits per heavy atom. The van der Waals surface area contributed by atoms with Crippen LogP contribution in [0.4, 0.5) is 8.78 Å². The summed E-state index contributed by atoms with van der Waals surface area (Å²) in [6.45, 7) is -1.01. The van der Waals surface area contributed by atoms with Crippen LogP contribution in [0.3, 0.4) is 0 Å². The number of hydrogen-bond acceptors (Lipinski definition) is 3. The summed E-state index contributed by atoms with van der Waals surface area (Å²) >= 11 is 0. The number of hydrogen-bond donors (Lipinski definition) is 1. The number of carbonyl (C=O) groups excluding carboxylic acids is 2. The molecule has 0 atom stereocenters. The van der Waals surface area contributed by atoms with Gasteiger partial charge in [-0.3, -0.25) is 14.9 Å². The molecule has 0 spiro atoms. The van der Waals surface area contributed by atoms with Gasteiger partial charge in [0.15, 0.2) is 0 Å². The van der Waals surface area contributed by atoms with E-state index in [4.69, 9.17) is 0 Å². The van der Waals surface area contributed by atoms with E-state index < -0.39 is 6.61 Å². The summed E-state index contributed by atoms with van der Waals surface area (Å²) in [7, 11) is 0. The van der Waals surface area contributed by atoms with Crippen LogP contribution in [-0.2, 0) is 16.0 Å². The molecule has 1 heterocycles. The van der Waals surface area contributed by atoms with E-state index in [9.17, 15) is 18.4 Å². The van der Waals surface area contributed by atoms with Gasteiger partial charge in [0.05, 0.1) is 6.42 Å². The zero-order chi connectivity index (χ0) is 15.4. The van der Waals surface area contributed by atoms with Gasteiger partial charge in [-0.05, 0) is 37.5 Å². The van der Waals surface area contributed by atoms with Crippen LogP contribution < -0.4 is 10.1 Å². The third kappa shape index (κ3) is 4.11. The minimum absolute atomic E-state index is 0.115. The van der Waals surface area contributed by atoms with Gasteiger partial charge in [-0.15, -0.1) is 0 Å². The van der Waals surface area contributed by atoms with E-state index >= 15 is 0 Å². The molecule has 1 aliphatic rings. The van der Waals surface area contributed by atoms with Crippen LogP contribution in [0.15, 0.2) is 35.4 Å². The molecule has 4 nitrogen and oxygen atoms in total. The lowest BCUT2D eigenvalue weighted by Crippen LogP contribution is -2.19. The molecule has 0 aliphatic carbocycles. The SMILES string of the molecule is CC(CCc1ccc(OC(F)F)cc1)=C1CC(=O)NC1=O. The number of ether oxygens (including phenoxy) is 1. The number of alkyl halides is 2. The predicted molar refractivity (Wildman–Crippen MR) is 71.9 cm³/mol. The van der Waals surface area contributed by atoms with Gasteiger partial charge < -0.3 is 4.74 Å². The van der Waals surface area contributed by atoms with Gasteiger partial charge in [0, 0.05) is 5.57 Å². The van der Waals surface area contributed by atoms with Crippen molar-refractivity contribution in [2.24, 2.45) is 0 Å². The Balaban J connectivity index is 1.95. The van der Waals surface area contributed by atoms with E-state index in [1.807, 2.05) is 6.92 Å². The standard InChI is InChI=1S/C15H15F2NO3/c1-9(12-8-13(19)18-14(12)20)2-3-10-4-6-11(7-5-10)21-15(16)17/h4-7,15H,2-3,8H2,1H3,(H,18,19,20). The van der Waals surface area contributed by atoms with E-state index in [1.165, 1.54) is 12.1 Å². The normalized spacial score (nSPS) is 17.1. The van der Waals surface area contributed by atoms with Gasteiger partial charge in [-0.2, -0.15) is 8.78 Å². The molecule has 21 heavy (non-hydrogen) atoms. The van der Waals surface area contributed by atoms with Crippen LogP contribution in [0.2, 0.25) is 0 Å². The second kappa shape index (κ2) is 6.47. The van der Waals surface area contributed by atoms with Gasteiger partial charge in [0.25, 0.3) is 5.91 Å². The lowest BCUT2D eigenvalue weighted by molar-refractivity contribution is -0.124. The first-order valence-electron chi connectivity index (χ1n) is 6.52. The minimum atomic E-state index is -2.83. The number of allylic oxidation sites excluding steroid dienone is 1. The van der Waals surface area contributed by atoms with Crippen molar-refractivity contribution in [3.05, 3.63) is 41.0 Å². The third-order valence-corrected chi connectivity index (χ3v) is 3.32. The molecule has 112 valence electrons. The van der Waals surface area contributed by atoms with E-state index in [1.54, 1.807) is 12.1 Å². The molecule has 2 rings (SSSR count). The monoisotopic (exact) mass is 295 g/mol. The Morgan fingerprint density at radius 1 is 1.29 bits per heavy atom. The summed E-state index contributed by atoms with van der Waals surface area (Å²) in [4.78, 5) is 22.6.